The van der Waals surface area contributed by atoms with Crippen molar-refractivity contribution in [3.05, 3.63) is 61.4 Å². The van der Waals surface area contributed by atoms with Crippen LogP contribution in [0.5, 0.6) is 0 Å². The SMILES string of the molecule is CSc1nc2ccc(I)cc2c(=O)n1-c1ccc(Cl)cc1. The van der Waals surface area contributed by atoms with Crippen LogP contribution in [0, 0.1) is 3.57 Å². The van der Waals surface area contributed by atoms with Crippen LogP contribution in [0.2, 0.25) is 5.02 Å². The number of aromatic nitrogens is 2. The molecule has 3 rings (SSSR count). The quantitative estimate of drug-likeness (QED) is 0.345. The minimum absolute atomic E-state index is 0.0646. The van der Waals surface area contributed by atoms with Crippen molar-refractivity contribution in [2.24, 2.45) is 0 Å². The van der Waals surface area contributed by atoms with Crippen LogP contribution in [0.25, 0.3) is 16.6 Å². The molecule has 6 heteroatoms. The van der Waals surface area contributed by atoms with Crippen LogP contribution in [0.4, 0.5) is 0 Å². The molecule has 0 aliphatic carbocycles. The topological polar surface area (TPSA) is 34.9 Å². The Kier molecular flexibility index (Phi) is 4.24. The molecule has 0 aliphatic heterocycles. The van der Waals surface area contributed by atoms with E-state index >= 15 is 0 Å². The number of nitrogens with zero attached hydrogens (tertiary/aromatic N) is 2. The molecule has 0 aliphatic rings. The minimum Gasteiger partial charge on any atom is -0.268 e. The summed E-state index contributed by atoms with van der Waals surface area (Å²) in [7, 11) is 0. The van der Waals surface area contributed by atoms with E-state index in [9.17, 15) is 4.79 Å². The van der Waals surface area contributed by atoms with Crippen LogP contribution in [0.1, 0.15) is 0 Å². The van der Waals surface area contributed by atoms with Gasteiger partial charge in [0.1, 0.15) is 0 Å². The van der Waals surface area contributed by atoms with Gasteiger partial charge in [-0.05, 0) is 71.3 Å². The van der Waals surface area contributed by atoms with Gasteiger partial charge in [0.2, 0.25) is 0 Å². The summed E-state index contributed by atoms with van der Waals surface area (Å²) in [5.41, 5.74) is 1.42. The monoisotopic (exact) mass is 428 g/mol. The molecule has 3 aromatic rings. The molecule has 2 aromatic carbocycles. The first kappa shape index (κ1) is 14.9. The van der Waals surface area contributed by atoms with Crippen LogP contribution in [-0.4, -0.2) is 15.8 Å². The summed E-state index contributed by atoms with van der Waals surface area (Å²) < 4.78 is 2.64. The lowest BCUT2D eigenvalue weighted by Crippen LogP contribution is -2.21. The number of thioether (sulfide) groups is 1. The highest BCUT2D eigenvalue weighted by Gasteiger charge is 2.12. The Morgan fingerprint density at radius 1 is 1.19 bits per heavy atom. The number of rotatable bonds is 2. The predicted octanol–water partition coefficient (Wildman–Crippen LogP) is 4.37. The summed E-state index contributed by atoms with van der Waals surface area (Å²) in [6.45, 7) is 0. The van der Waals surface area contributed by atoms with Crippen molar-refractivity contribution in [3.8, 4) is 5.69 Å². The Hall–Kier alpha value is -1.05. The van der Waals surface area contributed by atoms with Gasteiger partial charge in [0.05, 0.1) is 16.6 Å². The average Bonchev–Trinajstić information content (AvgIpc) is 2.49. The molecule has 3 nitrogen and oxygen atoms in total. The molecule has 0 atom stereocenters. The molecule has 0 amide bonds. The molecule has 1 heterocycles. The van der Waals surface area contributed by atoms with E-state index in [4.69, 9.17) is 11.6 Å². The van der Waals surface area contributed by atoms with Crippen LogP contribution in [0.15, 0.2) is 52.4 Å². The van der Waals surface area contributed by atoms with Crippen LogP contribution >= 0.6 is 46.0 Å². The molecule has 1 aromatic heterocycles. The van der Waals surface area contributed by atoms with Crippen molar-refractivity contribution in [1.29, 1.82) is 0 Å². The van der Waals surface area contributed by atoms with Crippen molar-refractivity contribution in [2.45, 2.75) is 5.16 Å². The lowest BCUT2D eigenvalue weighted by molar-refractivity contribution is 0.821. The van der Waals surface area contributed by atoms with E-state index < -0.39 is 0 Å². The summed E-state index contributed by atoms with van der Waals surface area (Å²) in [5.74, 6) is 0. The number of hydrogen-bond acceptors (Lipinski definition) is 3. The second-order valence-electron chi connectivity index (χ2n) is 4.38. The van der Waals surface area contributed by atoms with E-state index in [-0.39, 0.29) is 5.56 Å². The summed E-state index contributed by atoms with van der Waals surface area (Å²) in [6, 6.07) is 12.9. The molecule has 0 unspecified atom stereocenters. The summed E-state index contributed by atoms with van der Waals surface area (Å²) in [5, 5.41) is 1.92. The first-order chi connectivity index (χ1) is 10.1. The first-order valence-corrected chi connectivity index (χ1v) is 8.80. The second kappa shape index (κ2) is 5.98. The highest BCUT2D eigenvalue weighted by Crippen LogP contribution is 2.21. The maximum Gasteiger partial charge on any atom is 0.266 e. The van der Waals surface area contributed by atoms with E-state index in [0.717, 1.165) is 14.8 Å². The first-order valence-electron chi connectivity index (χ1n) is 6.12. The Labute approximate surface area is 144 Å². The third-order valence-electron chi connectivity index (χ3n) is 3.07. The van der Waals surface area contributed by atoms with E-state index in [1.54, 1.807) is 16.7 Å². The highest BCUT2D eigenvalue weighted by molar-refractivity contribution is 14.1. The lowest BCUT2D eigenvalue weighted by Gasteiger charge is -2.12. The van der Waals surface area contributed by atoms with Crippen molar-refractivity contribution in [2.75, 3.05) is 6.26 Å². The zero-order valence-corrected chi connectivity index (χ0v) is 14.7. The average molecular weight is 429 g/mol. The fourth-order valence-electron chi connectivity index (χ4n) is 2.09. The number of fused-ring (bicyclic) bond motifs is 1. The van der Waals surface area contributed by atoms with Gasteiger partial charge in [-0.15, -0.1) is 0 Å². The van der Waals surface area contributed by atoms with Crippen LogP contribution < -0.4 is 5.56 Å². The van der Waals surface area contributed by atoms with E-state index in [0.29, 0.717) is 15.6 Å². The van der Waals surface area contributed by atoms with Crippen LogP contribution in [-0.2, 0) is 0 Å². The van der Waals surface area contributed by atoms with Gasteiger partial charge in [0.15, 0.2) is 5.16 Å². The van der Waals surface area contributed by atoms with Gasteiger partial charge in [0, 0.05) is 8.59 Å². The standard InChI is InChI=1S/C15H10ClIN2OS/c1-21-15-18-13-7-4-10(17)8-12(13)14(20)19(15)11-5-2-9(16)3-6-11/h2-8H,1H3. The number of benzene rings is 2. The molecule has 106 valence electrons. The fourth-order valence-corrected chi connectivity index (χ4v) is 3.27. The number of hydrogen-bond donors (Lipinski definition) is 0. The van der Waals surface area contributed by atoms with Gasteiger partial charge in [-0.1, -0.05) is 23.4 Å². The molecule has 0 spiro atoms. The van der Waals surface area contributed by atoms with Crippen molar-refractivity contribution < 1.29 is 0 Å². The summed E-state index contributed by atoms with van der Waals surface area (Å²) in [4.78, 5) is 17.4. The Morgan fingerprint density at radius 2 is 1.90 bits per heavy atom. The molecule has 0 radical (unpaired) electrons. The Balaban J connectivity index is 2.37. The van der Waals surface area contributed by atoms with Gasteiger partial charge >= 0.3 is 0 Å². The summed E-state index contributed by atoms with van der Waals surface area (Å²) >= 11 is 9.56. The van der Waals surface area contributed by atoms with Crippen LogP contribution in [0.3, 0.4) is 0 Å². The van der Waals surface area contributed by atoms with Gasteiger partial charge in [-0.25, -0.2) is 4.98 Å². The van der Waals surface area contributed by atoms with Crippen molar-refractivity contribution >= 4 is 56.9 Å². The molecule has 0 fully saturated rings. The Morgan fingerprint density at radius 3 is 2.57 bits per heavy atom. The smallest absolute Gasteiger partial charge is 0.266 e. The second-order valence-corrected chi connectivity index (χ2v) is 6.83. The predicted molar refractivity (Wildman–Crippen MR) is 96.8 cm³/mol. The normalized spacial score (nSPS) is 11.0. The molecule has 0 N–H and O–H groups in total. The van der Waals surface area contributed by atoms with E-state index in [2.05, 4.69) is 27.6 Å². The van der Waals surface area contributed by atoms with Gasteiger partial charge < -0.3 is 0 Å². The van der Waals surface area contributed by atoms with E-state index in [1.807, 2.05) is 36.6 Å². The highest BCUT2D eigenvalue weighted by atomic mass is 127. The number of halogens is 2. The maximum atomic E-state index is 12.8. The molecular formula is C15H10ClIN2OS. The van der Waals surface area contributed by atoms with Gasteiger partial charge in [0.25, 0.3) is 5.56 Å². The zero-order chi connectivity index (χ0) is 15.0. The largest absolute Gasteiger partial charge is 0.268 e. The van der Waals surface area contributed by atoms with E-state index in [1.165, 1.54) is 11.8 Å². The lowest BCUT2D eigenvalue weighted by atomic mass is 10.2. The molecule has 0 bridgehead atoms. The molecule has 0 saturated carbocycles. The van der Waals surface area contributed by atoms with Crippen molar-refractivity contribution in [1.82, 2.24) is 9.55 Å². The maximum absolute atomic E-state index is 12.8. The van der Waals surface area contributed by atoms with Gasteiger partial charge in [-0.2, -0.15) is 0 Å². The molecular weight excluding hydrogens is 419 g/mol. The molecule has 21 heavy (non-hydrogen) atoms. The fraction of sp³-hybridized carbons (Fsp3) is 0.0667. The third-order valence-corrected chi connectivity index (χ3v) is 4.63. The minimum atomic E-state index is -0.0646. The third kappa shape index (κ3) is 2.82. The Bertz CT molecular complexity index is 877. The molecule has 0 saturated heterocycles. The van der Waals surface area contributed by atoms with Crippen molar-refractivity contribution in [3.63, 3.8) is 0 Å². The van der Waals surface area contributed by atoms with Gasteiger partial charge in [-0.3, -0.25) is 9.36 Å². The zero-order valence-electron chi connectivity index (χ0n) is 11.0. The summed E-state index contributed by atoms with van der Waals surface area (Å²) in [6.07, 6.45) is 1.91.